The molecule has 2 heterocycles. The molecule has 0 bridgehead atoms. The minimum atomic E-state index is -3.09. The van der Waals surface area contributed by atoms with Crippen molar-refractivity contribution in [2.75, 3.05) is 46.2 Å². The Bertz CT molecular complexity index is 341. The van der Waals surface area contributed by atoms with Gasteiger partial charge in [-0.2, -0.15) is 0 Å². The van der Waals surface area contributed by atoms with Gasteiger partial charge in [0.1, 0.15) is 0 Å². The predicted molar refractivity (Wildman–Crippen MR) is 64.3 cm³/mol. The molecular formula is C9H19ClN2O3S. The maximum absolute atomic E-state index is 11.8. The maximum atomic E-state index is 11.8. The van der Waals surface area contributed by atoms with Crippen molar-refractivity contribution in [3.8, 4) is 0 Å². The molecule has 0 aromatic rings. The Morgan fingerprint density at radius 1 is 1.44 bits per heavy atom. The first-order valence-electron chi connectivity index (χ1n) is 5.15. The van der Waals surface area contributed by atoms with E-state index < -0.39 is 10.0 Å². The number of halogens is 1. The number of hydrogen-bond acceptors (Lipinski definition) is 4. The number of nitrogens with one attached hydrogen (secondary N) is 1. The van der Waals surface area contributed by atoms with Gasteiger partial charge >= 0.3 is 0 Å². The molecule has 0 aliphatic carbocycles. The van der Waals surface area contributed by atoms with Gasteiger partial charge < -0.3 is 10.1 Å². The van der Waals surface area contributed by atoms with Crippen LogP contribution in [-0.4, -0.2) is 58.9 Å². The Balaban J connectivity index is 0.00000128. The fourth-order valence-electron chi connectivity index (χ4n) is 2.20. The van der Waals surface area contributed by atoms with Crippen molar-refractivity contribution in [3.63, 3.8) is 0 Å². The van der Waals surface area contributed by atoms with Gasteiger partial charge in [0, 0.05) is 26.1 Å². The molecule has 5 nitrogen and oxygen atoms in total. The van der Waals surface area contributed by atoms with Gasteiger partial charge in [-0.15, -0.1) is 12.4 Å². The second-order valence-corrected chi connectivity index (χ2v) is 6.97. The highest BCUT2D eigenvalue weighted by atomic mass is 35.5. The summed E-state index contributed by atoms with van der Waals surface area (Å²) in [6.45, 7) is 3.08. The van der Waals surface area contributed by atoms with Crippen LogP contribution in [0.3, 0.4) is 0 Å². The average molecular weight is 271 g/mol. The Morgan fingerprint density at radius 2 is 2.06 bits per heavy atom. The minimum Gasteiger partial charge on any atom is -0.380 e. The molecule has 1 N–H and O–H groups in total. The van der Waals surface area contributed by atoms with Crippen LogP contribution in [0.2, 0.25) is 0 Å². The van der Waals surface area contributed by atoms with Gasteiger partial charge in [0.15, 0.2) is 0 Å². The van der Waals surface area contributed by atoms with Crippen LogP contribution in [0, 0.1) is 11.3 Å². The van der Waals surface area contributed by atoms with Crippen LogP contribution in [0.25, 0.3) is 0 Å². The molecule has 2 saturated heterocycles. The van der Waals surface area contributed by atoms with Crippen LogP contribution >= 0.6 is 12.4 Å². The molecule has 0 amide bonds. The van der Waals surface area contributed by atoms with Crippen molar-refractivity contribution in [2.45, 2.75) is 0 Å². The zero-order chi connectivity index (χ0) is 11.1. The standard InChI is InChI=1S/C9H18N2O3S.ClH/c1-11(2)15(12,13)4-8-3-10-5-9(8)6-14-7-9;/h8,10H,3-7H2,1-2H3;1H. The molecule has 0 saturated carbocycles. The van der Waals surface area contributed by atoms with Gasteiger partial charge in [0.2, 0.25) is 10.0 Å². The van der Waals surface area contributed by atoms with Gasteiger partial charge in [-0.3, -0.25) is 0 Å². The fraction of sp³-hybridized carbons (Fsp3) is 1.00. The normalized spacial score (nSPS) is 27.8. The van der Waals surface area contributed by atoms with Crippen molar-refractivity contribution in [1.82, 2.24) is 9.62 Å². The molecule has 2 fully saturated rings. The first kappa shape index (κ1) is 14.2. The highest BCUT2D eigenvalue weighted by Crippen LogP contribution is 2.39. The smallest absolute Gasteiger partial charge is 0.213 e. The molecule has 2 rings (SSSR count). The number of rotatable bonds is 3. The van der Waals surface area contributed by atoms with Gasteiger partial charge in [-0.1, -0.05) is 0 Å². The molecule has 1 spiro atoms. The first-order valence-corrected chi connectivity index (χ1v) is 6.76. The Morgan fingerprint density at radius 3 is 2.50 bits per heavy atom. The monoisotopic (exact) mass is 270 g/mol. The number of nitrogens with zero attached hydrogens (tertiary/aromatic N) is 1. The second-order valence-electron chi connectivity index (χ2n) is 4.74. The van der Waals surface area contributed by atoms with Crippen molar-refractivity contribution < 1.29 is 13.2 Å². The summed E-state index contributed by atoms with van der Waals surface area (Å²) >= 11 is 0. The van der Waals surface area contributed by atoms with Crippen molar-refractivity contribution in [2.24, 2.45) is 11.3 Å². The third-order valence-electron chi connectivity index (χ3n) is 3.48. The molecule has 0 aromatic heterocycles. The number of sulfonamides is 1. The molecule has 1 atom stereocenters. The molecule has 1 unspecified atom stereocenters. The maximum Gasteiger partial charge on any atom is 0.213 e. The van der Waals surface area contributed by atoms with E-state index in [1.54, 1.807) is 14.1 Å². The zero-order valence-corrected chi connectivity index (χ0v) is 11.2. The molecular weight excluding hydrogens is 252 g/mol. The van der Waals surface area contributed by atoms with E-state index >= 15 is 0 Å². The van der Waals surface area contributed by atoms with Gasteiger partial charge in [0.05, 0.1) is 19.0 Å². The number of hydrogen-bond donors (Lipinski definition) is 1. The molecule has 0 aromatic carbocycles. The third-order valence-corrected chi connectivity index (χ3v) is 5.42. The Hall–Kier alpha value is 0.120. The summed E-state index contributed by atoms with van der Waals surface area (Å²) in [4.78, 5) is 0. The first-order chi connectivity index (χ1) is 6.96. The van der Waals surface area contributed by atoms with Gasteiger partial charge in [-0.05, 0) is 12.5 Å². The van der Waals surface area contributed by atoms with Crippen molar-refractivity contribution in [3.05, 3.63) is 0 Å². The molecule has 96 valence electrons. The van der Waals surface area contributed by atoms with E-state index in [9.17, 15) is 8.42 Å². The summed E-state index contributed by atoms with van der Waals surface area (Å²) in [6.07, 6.45) is 0. The topological polar surface area (TPSA) is 58.6 Å². The Labute approximate surface area is 103 Å². The number of ether oxygens (including phenoxy) is 1. The lowest BCUT2D eigenvalue weighted by atomic mass is 9.77. The SMILES string of the molecule is CN(C)S(=O)(=O)CC1CNCC12COC2.Cl. The van der Waals surface area contributed by atoms with E-state index in [1.807, 2.05) is 0 Å². The summed E-state index contributed by atoms with van der Waals surface area (Å²) in [5.41, 5.74) is 0.0864. The predicted octanol–water partition coefficient (Wildman–Crippen LogP) is -0.464. The quantitative estimate of drug-likeness (QED) is 0.754. The van der Waals surface area contributed by atoms with Crippen LogP contribution in [0.15, 0.2) is 0 Å². The lowest BCUT2D eigenvalue weighted by Crippen LogP contribution is -2.51. The summed E-state index contributed by atoms with van der Waals surface area (Å²) in [6, 6.07) is 0. The average Bonchev–Trinajstić information content (AvgIpc) is 2.45. The van der Waals surface area contributed by atoms with E-state index in [-0.39, 0.29) is 29.5 Å². The zero-order valence-electron chi connectivity index (χ0n) is 9.60. The van der Waals surface area contributed by atoms with Gasteiger partial charge in [-0.25, -0.2) is 12.7 Å². The van der Waals surface area contributed by atoms with Crippen LogP contribution in [0.4, 0.5) is 0 Å². The fourth-order valence-corrected chi connectivity index (χ4v) is 3.48. The van der Waals surface area contributed by atoms with E-state index in [0.29, 0.717) is 13.2 Å². The van der Waals surface area contributed by atoms with E-state index in [2.05, 4.69) is 5.32 Å². The summed E-state index contributed by atoms with van der Waals surface area (Å²) < 4.78 is 30.1. The lowest BCUT2D eigenvalue weighted by Gasteiger charge is -2.42. The van der Waals surface area contributed by atoms with Crippen molar-refractivity contribution in [1.29, 1.82) is 0 Å². The molecule has 0 radical (unpaired) electrons. The lowest BCUT2D eigenvalue weighted by molar-refractivity contribution is -0.120. The minimum absolute atomic E-state index is 0. The second kappa shape index (κ2) is 4.78. The largest absolute Gasteiger partial charge is 0.380 e. The van der Waals surface area contributed by atoms with E-state index in [1.165, 1.54) is 4.31 Å². The summed E-state index contributed by atoms with van der Waals surface area (Å²) in [5.74, 6) is 0.426. The Kier molecular flexibility index (Phi) is 4.23. The molecule has 16 heavy (non-hydrogen) atoms. The van der Waals surface area contributed by atoms with Crippen LogP contribution in [0.1, 0.15) is 0 Å². The van der Waals surface area contributed by atoms with Crippen LogP contribution < -0.4 is 5.32 Å². The highest BCUT2D eigenvalue weighted by molar-refractivity contribution is 7.89. The molecule has 2 aliphatic rings. The molecule has 7 heteroatoms. The van der Waals surface area contributed by atoms with Gasteiger partial charge in [0.25, 0.3) is 0 Å². The van der Waals surface area contributed by atoms with E-state index in [0.717, 1.165) is 13.1 Å². The summed E-state index contributed by atoms with van der Waals surface area (Å²) in [5, 5.41) is 3.26. The molecule has 2 aliphatic heterocycles. The van der Waals surface area contributed by atoms with E-state index in [4.69, 9.17) is 4.74 Å². The third kappa shape index (κ3) is 2.36. The van der Waals surface area contributed by atoms with Crippen molar-refractivity contribution >= 4 is 22.4 Å². The van der Waals surface area contributed by atoms with Crippen LogP contribution in [-0.2, 0) is 14.8 Å². The summed E-state index contributed by atoms with van der Waals surface area (Å²) in [7, 11) is 0.0789. The highest BCUT2D eigenvalue weighted by Gasteiger charge is 2.50. The van der Waals surface area contributed by atoms with Crippen LogP contribution in [0.5, 0.6) is 0 Å².